The number of rotatable bonds is 8. The number of aryl methyl sites for hydroxylation is 4. The fourth-order valence-corrected chi connectivity index (χ4v) is 9.04. The number of nitrogens with zero attached hydrogens (tertiary/aromatic N) is 2. The molecule has 0 amide bonds. The number of imidazole rings is 1. The van der Waals surface area contributed by atoms with Crippen LogP contribution in [0, 0.1) is 32.0 Å². The van der Waals surface area contributed by atoms with Gasteiger partial charge in [0.05, 0.1) is 0 Å². The Balaban J connectivity index is 1.51. The second-order valence-corrected chi connectivity index (χ2v) is 14.8. The van der Waals surface area contributed by atoms with Crippen molar-refractivity contribution in [2.24, 2.45) is 0 Å². The predicted molar refractivity (Wildman–Crippen MR) is 218 cm³/mol. The van der Waals surface area contributed by atoms with Crippen LogP contribution in [0.2, 0.25) is 0 Å². The van der Waals surface area contributed by atoms with Crippen molar-refractivity contribution in [3.8, 4) is 16.9 Å². The molecular weight excluding hydrogens is 696 g/mol. The summed E-state index contributed by atoms with van der Waals surface area (Å²) in [4.78, 5) is 0. The third kappa shape index (κ3) is 6.21. The van der Waals surface area contributed by atoms with Crippen LogP contribution in [0.25, 0.3) is 22.5 Å². The average Bonchev–Trinajstić information content (AvgIpc) is 3.49. The minimum atomic E-state index is -0.000725. The number of pyridine rings is 1. The van der Waals surface area contributed by atoms with Crippen LogP contribution >= 0.6 is 0 Å². The topological polar surface area (TPSA) is 9.34 Å². The molecule has 0 aliphatic carbocycles. The van der Waals surface area contributed by atoms with Gasteiger partial charge in [-0.2, -0.15) is 0 Å². The molecule has 0 atom stereocenters. The second kappa shape index (κ2) is 14.3. The quantitative estimate of drug-likeness (QED) is 0.109. The van der Waals surface area contributed by atoms with Crippen LogP contribution in [0.1, 0.15) is 67.5 Å². The fourth-order valence-electron chi connectivity index (χ4n) is 8.31. The van der Waals surface area contributed by atoms with Gasteiger partial charge in [0.1, 0.15) is 0 Å². The van der Waals surface area contributed by atoms with E-state index < -0.39 is 0 Å². The minimum absolute atomic E-state index is 0.000725. The van der Waals surface area contributed by atoms with Crippen LogP contribution in [-0.2, 0) is 0 Å². The van der Waals surface area contributed by atoms with Gasteiger partial charge in [0.15, 0.2) is 0 Å². The summed E-state index contributed by atoms with van der Waals surface area (Å²) < 4.78 is 5.87. The van der Waals surface area contributed by atoms with E-state index in [2.05, 4.69) is 222 Å². The third-order valence-electron chi connectivity index (χ3n) is 10.3. The Morgan fingerprint density at radius 3 is 1.29 bits per heavy atom. The van der Waals surface area contributed by atoms with Gasteiger partial charge in [0.25, 0.3) is 0 Å². The maximum atomic E-state index is 3.58. The number of aromatic nitrogens is 2. The van der Waals surface area contributed by atoms with E-state index in [4.69, 9.17) is 0 Å². The van der Waals surface area contributed by atoms with E-state index in [0.717, 1.165) is 9.84 Å². The van der Waals surface area contributed by atoms with E-state index in [9.17, 15) is 0 Å². The molecule has 0 unspecified atom stereocenters. The second-order valence-electron chi connectivity index (χ2n) is 14.0. The standard InChI is InChI=1S/C49H42N2Se/c1-33-28-35(3)45(36(4)29-33)44-27-17-26-41-32-50(49(52)51(41)44)48-42(46(37-18-9-5-10-19-37)38-20-11-6-12-21-38)30-34(2)31-43(48)47(39-22-13-7-14-23-39)40-24-15-8-16-25-40/h5-32,46-47H,1-4H3. The fraction of sp³-hybridized carbons (Fsp3) is 0.122. The molecule has 0 radical (unpaired) electrons. The van der Waals surface area contributed by atoms with Gasteiger partial charge in [-0.1, -0.05) is 0 Å². The monoisotopic (exact) mass is 738 g/mol. The van der Waals surface area contributed by atoms with E-state index in [1.165, 1.54) is 72.6 Å². The van der Waals surface area contributed by atoms with E-state index in [1.807, 2.05) is 0 Å². The average molecular weight is 738 g/mol. The van der Waals surface area contributed by atoms with Crippen molar-refractivity contribution in [2.75, 3.05) is 0 Å². The first-order chi connectivity index (χ1) is 25.4. The number of hydrogen-bond donors (Lipinski definition) is 0. The van der Waals surface area contributed by atoms with Crippen molar-refractivity contribution in [1.82, 2.24) is 8.97 Å². The molecule has 6 aromatic carbocycles. The first-order valence-electron chi connectivity index (χ1n) is 18.0. The number of hydrogen-bond acceptors (Lipinski definition) is 0. The zero-order chi connectivity index (χ0) is 35.8. The summed E-state index contributed by atoms with van der Waals surface area (Å²) in [5, 5.41) is 0. The molecule has 0 N–H and O–H groups in total. The molecule has 52 heavy (non-hydrogen) atoms. The summed E-state index contributed by atoms with van der Waals surface area (Å²) in [5.41, 5.74) is 17.5. The van der Waals surface area contributed by atoms with Crippen LogP contribution in [0.15, 0.2) is 170 Å². The van der Waals surface area contributed by atoms with Crippen molar-refractivity contribution in [3.63, 3.8) is 0 Å². The molecule has 0 saturated carbocycles. The van der Waals surface area contributed by atoms with E-state index in [-0.39, 0.29) is 11.8 Å². The molecule has 0 spiro atoms. The summed E-state index contributed by atoms with van der Waals surface area (Å²) in [6, 6.07) is 60.0. The number of benzene rings is 6. The van der Waals surface area contributed by atoms with Gasteiger partial charge in [-0.25, -0.2) is 0 Å². The first-order valence-corrected chi connectivity index (χ1v) is 18.9. The van der Waals surface area contributed by atoms with Crippen LogP contribution < -0.4 is 0 Å². The molecule has 2 heterocycles. The van der Waals surface area contributed by atoms with Crippen LogP contribution in [0.5, 0.6) is 0 Å². The Hall–Kier alpha value is -5.47. The SMILES string of the molecule is Cc1cc(C)c(-c2cccc3cn(-c4c(C(c5ccccc5)c5ccccc5)cc(C)cc4C(c4ccccc4)c4ccccc4)c(=[Se])n23)c(C)c1. The van der Waals surface area contributed by atoms with E-state index in [1.54, 1.807) is 0 Å². The summed E-state index contributed by atoms with van der Waals surface area (Å²) in [7, 11) is 0. The Bertz CT molecular complexity index is 2360. The Morgan fingerprint density at radius 1 is 0.462 bits per heavy atom. The van der Waals surface area contributed by atoms with Crippen molar-refractivity contribution in [3.05, 3.63) is 230 Å². The van der Waals surface area contributed by atoms with Crippen LogP contribution in [0.3, 0.4) is 0 Å². The van der Waals surface area contributed by atoms with Gasteiger partial charge in [-0.3, -0.25) is 0 Å². The number of fused-ring (bicyclic) bond motifs is 1. The summed E-state index contributed by atoms with van der Waals surface area (Å²) in [6.07, 6.45) is 2.33. The third-order valence-corrected chi connectivity index (χ3v) is 11.1. The van der Waals surface area contributed by atoms with Crippen molar-refractivity contribution >= 4 is 21.1 Å². The molecule has 0 aliphatic heterocycles. The van der Waals surface area contributed by atoms with Gasteiger partial charge in [0, 0.05) is 0 Å². The normalized spacial score (nSPS) is 11.5. The molecule has 0 aliphatic rings. The predicted octanol–water partition coefficient (Wildman–Crippen LogP) is 11.7. The first kappa shape index (κ1) is 33.7. The summed E-state index contributed by atoms with van der Waals surface area (Å²) in [5.74, 6) is -0.00145. The van der Waals surface area contributed by atoms with Gasteiger partial charge in [-0.05, 0) is 0 Å². The van der Waals surface area contributed by atoms with E-state index in [0.29, 0.717) is 0 Å². The van der Waals surface area contributed by atoms with Gasteiger partial charge < -0.3 is 0 Å². The molecule has 254 valence electrons. The van der Waals surface area contributed by atoms with Gasteiger partial charge in [0.2, 0.25) is 0 Å². The van der Waals surface area contributed by atoms with Crippen molar-refractivity contribution in [2.45, 2.75) is 39.5 Å². The molecule has 2 aromatic heterocycles. The molecule has 8 aromatic rings. The Labute approximate surface area is 315 Å². The zero-order valence-electron chi connectivity index (χ0n) is 30.1. The van der Waals surface area contributed by atoms with Crippen LogP contribution in [-0.4, -0.2) is 24.5 Å². The molecule has 0 bridgehead atoms. The molecular formula is C49H42N2Se. The zero-order valence-corrected chi connectivity index (χ0v) is 31.8. The Morgan fingerprint density at radius 2 is 0.865 bits per heavy atom. The van der Waals surface area contributed by atoms with Crippen molar-refractivity contribution < 1.29 is 0 Å². The molecule has 8 rings (SSSR count). The molecule has 2 nitrogen and oxygen atoms in total. The van der Waals surface area contributed by atoms with Crippen molar-refractivity contribution in [1.29, 1.82) is 0 Å². The van der Waals surface area contributed by atoms with Gasteiger partial charge >= 0.3 is 316 Å². The summed E-state index contributed by atoms with van der Waals surface area (Å²) in [6.45, 7) is 8.89. The molecule has 3 heteroatoms. The van der Waals surface area contributed by atoms with Gasteiger partial charge in [-0.15, -0.1) is 0 Å². The summed E-state index contributed by atoms with van der Waals surface area (Å²) >= 11 is 3.58. The maximum absolute atomic E-state index is 3.58. The van der Waals surface area contributed by atoms with Crippen LogP contribution in [0.4, 0.5) is 0 Å². The molecule has 0 saturated heterocycles. The molecule has 0 fully saturated rings. The van der Waals surface area contributed by atoms with E-state index >= 15 is 0 Å². The Kier molecular flexibility index (Phi) is 9.24.